The summed E-state index contributed by atoms with van der Waals surface area (Å²) >= 11 is 1.69. The van der Waals surface area contributed by atoms with Crippen LogP contribution in [0.15, 0.2) is 16.8 Å². The zero-order valence-corrected chi connectivity index (χ0v) is 14.2. The Morgan fingerprint density at radius 2 is 2.43 bits per heavy atom. The second kappa shape index (κ2) is 7.70. The van der Waals surface area contributed by atoms with E-state index >= 15 is 0 Å². The van der Waals surface area contributed by atoms with Crippen LogP contribution in [0.2, 0.25) is 0 Å². The van der Waals surface area contributed by atoms with Crippen molar-refractivity contribution in [2.45, 2.75) is 45.2 Å². The Labute approximate surface area is 140 Å². The van der Waals surface area contributed by atoms with E-state index in [0.717, 1.165) is 43.9 Å². The second-order valence-corrected chi connectivity index (χ2v) is 6.61. The molecule has 0 radical (unpaired) electrons. The summed E-state index contributed by atoms with van der Waals surface area (Å²) in [7, 11) is 0. The first-order chi connectivity index (χ1) is 11.2. The molecule has 0 saturated heterocycles. The van der Waals surface area contributed by atoms with Gasteiger partial charge in [0.05, 0.1) is 13.1 Å². The van der Waals surface area contributed by atoms with E-state index in [-0.39, 0.29) is 11.9 Å². The number of aromatic nitrogens is 3. The monoisotopic (exact) mass is 333 g/mol. The molecule has 7 heteroatoms. The molecule has 3 rings (SSSR count). The smallest absolute Gasteiger partial charge is 0.233 e. The molecule has 0 aliphatic carbocycles. The van der Waals surface area contributed by atoms with Crippen LogP contribution in [0.5, 0.6) is 0 Å². The minimum atomic E-state index is 0.0545. The van der Waals surface area contributed by atoms with E-state index in [9.17, 15) is 4.79 Å². The lowest BCUT2D eigenvalue weighted by Gasteiger charge is -2.23. The van der Waals surface area contributed by atoms with Crippen molar-refractivity contribution in [3.63, 3.8) is 0 Å². The molecule has 0 saturated carbocycles. The molecule has 0 unspecified atom stereocenters. The predicted molar refractivity (Wildman–Crippen MR) is 90.5 cm³/mol. The summed E-state index contributed by atoms with van der Waals surface area (Å²) in [5.41, 5.74) is 1.28. The zero-order valence-electron chi connectivity index (χ0n) is 13.4. The molecular weight excluding hydrogens is 310 g/mol. The first kappa shape index (κ1) is 16.1. The Hall–Kier alpha value is -1.73. The van der Waals surface area contributed by atoms with Gasteiger partial charge in [-0.2, -0.15) is 16.4 Å². The SMILES string of the molecule is CCc1nc2n(n1)C[C@@H](NCC(=O)NCCc1ccsc1)CC2. The van der Waals surface area contributed by atoms with Gasteiger partial charge in [0, 0.05) is 25.4 Å². The average molecular weight is 333 g/mol. The number of nitrogens with zero attached hydrogens (tertiary/aromatic N) is 3. The molecule has 1 aliphatic rings. The number of carbonyl (C=O) groups is 1. The maximum atomic E-state index is 11.9. The lowest BCUT2D eigenvalue weighted by atomic mass is 10.1. The Bertz CT molecular complexity index is 637. The van der Waals surface area contributed by atoms with Gasteiger partial charge in [0.2, 0.25) is 5.91 Å². The summed E-state index contributed by atoms with van der Waals surface area (Å²) in [6.45, 7) is 3.91. The Kier molecular flexibility index (Phi) is 5.40. The zero-order chi connectivity index (χ0) is 16.1. The molecule has 0 fully saturated rings. The molecule has 2 aromatic heterocycles. The summed E-state index contributed by atoms with van der Waals surface area (Å²) in [5, 5.41) is 15.0. The highest BCUT2D eigenvalue weighted by atomic mass is 32.1. The lowest BCUT2D eigenvalue weighted by Crippen LogP contribution is -2.43. The molecule has 2 aromatic rings. The first-order valence-electron chi connectivity index (χ1n) is 8.18. The number of hydrogen-bond acceptors (Lipinski definition) is 5. The lowest BCUT2D eigenvalue weighted by molar-refractivity contribution is -0.120. The molecule has 0 aromatic carbocycles. The second-order valence-electron chi connectivity index (χ2n) is 5.83. The highest BCUT2D eigenvalue weighted by Gasteiger charge is 2.21. The van der Waals surface area contributed by atoms with E-state index in [4.69, 9.17) is 0 Å². The number of rotatable bonds is 7. The maximum Gasteiger partial charge on any atom is 0.233 e. The van der Waals surface area contributed by atoms with E-state index in [1.165, 1.54) is 5.56 Å². The van der Waals surface area contributed by atoms with Crippen LogP contribution in [0.25, 0.3) is 0 Å². The van der Waals surface area contributed by atoms with Gasteiger partial charge in [-0.05, 0) is 35.2 Å². The van der Waals surface area contributed by atoms with E-state index in [1.54, 1.807) is 11.3 Å². The molecule has 1 aliphatic heterocycles. The number of amides is 1. The quantitative estimate of drug-likeness (QED) is 0.798. The van der Waals surface area contributed by atoms with E-state index in [1.807, 2.05) is 4.68 Å². The van der Waals surface area contributed by atoms with Crippen LogP contribution < -0.4 is 10.6 Å². The van der Waals surface area contributed by atoms with Crippen molar-refractivity contribution < 1.29 is 4.79 Å². The standard InChI is InChI=1S/C16H23N5OS/c1-2-14-19-15-4-3-13(10-21(15)20-14)18-9-16(22)17-7-5-12-6-8-23-11-12/h6,8,11,13,18H,2-5,7,9-10H2,1H3,(H,17,22)/t13-/m0/s1. The van der Waals surface area contributed by atoms with Crippen LogP contribution in [-0.4, -0.2) is 39.8 Å². The van der Waals surface area contributed by atoms with Gasteiger partial charge in [-0.25, -0.2) is 9.67 Å². The summed E-state index contributed by atoms with van der Waals surface area (Å²) in [6, 6.07) is 2.38. The topological polar surface area (TPSA) is 71.8 Å². The van der Waals surface area contributed by atoms with Gasteiger partial charge in [0.25, 0.3) is 0 Å². The largest absolute Gasteiger partial charge is 0.355 e. The van der Waals surface area contributed by atoms with Gasteiger partial charge in [0.15, 0.2) is 5.82 Å². The van der Waals surface area contributed by atoms with Gasteiger partial charge in [0.1, 0.15) is 5.82 Å². The van der Waals surface area contributed by atoms with E-state index < -0.39 is 0 Å². The van der Waals surface area contributed by atoms with Gasteiger partial charge in [-0.1, -0.05) is 6.92 Å². The minimum absolute atomic E-state index is 0.0545. The van der Waals surface area contributed by atoms with Gasteiger partial charge >= 0.3 is 0 Å². The molecule has 2 N–H and O–H groups in total. The number of fused-ring (bicyclic) bond motifs is 1. The van der Waals surface area contributed by atoms with Crippen molar-refractivity contribution >= 4 is 17.2 Å². The maximum absolute atomic E-state index is 11.9. The molecule has 6 nitrogen and oxygen atoms in total. The van der Waals surface area contributed by atoms with E-state index in [2.05, 4.69) is 44.5 Å². The molecule has 0 spiro atoms. The Morgan fingerprint density at radius 1 is 1.52 bits per heavy atom. The fraction of sp³-hybridized carbons (Fsp3) is 0.562. The van der Waals surface area contributed by atoms with Crippen LogP contribution >= 0.6 is 11.3 Å². The van der Waals surface area contributed by atoms with Gasteiger partial charge < -0.3 is 10.6 Å². The number of hydrogen-bond donors (Lipinski definition) is 2. The highest BCUT2D eigenvalue weighted by Crippen LogP contribution is 2.13. The van der Waals surface area contributed by atoms with Crippen LogP contribution in [0.4, 0.5) is 0 Å². The van der Waals surface area contributed by atoms with Crippen LogP contribution in [0.3, 0.4) is 0 Å². The van der Waals surface area contributed by atoms with Gasteiger partial charge in [-0.15, -0.1) is 0 Å². The van der Waals surface area contributed by atoms with Crippen LogP contribution in [0.1, 0.15) is 30.6 Å². The number of carbonyl (C=O) groups excluding carboxylic acids is 1. The minimum Gasteiger partial charge on any atom is -0.355 e. The average Bonchev–Trinajstić information content (AvgIpc) is 3.21. The predicted octanol–water partition coefficient (Wildman–Crippen LogP) is 1.17. The number of thiophene rings is 1. The number of aryl methyl sites for hydroxylation is 2. The van der Waals surface area contributed by atoms with Crippen molar-refractivity contribution in [3.8, 4) is 0 Å². The summed E-state index contributed by atoms with van der Waals surface area (Å²) in [6.07, 6.45) is 3.68. The fourth-order valence-electron chi connectivity index (χ4n) is 2.76. The van der Waals surface area contributed by atoms with Crippen LogP contribution in [0, 0.1) is 0 Å². The van der Waals surface area contributed by atoms with Crippen molar-refractivity contribution in [2.24, 2.45) is 0 Å². The molecule has 1 atom stereocenters. The third-order valence-corrected chi connectivity index (χ3v) is 4.82. The van der Waals surface area contributed by atoms with Crippen molar-refractivity contribution in [1.29, 1.82) is 0 Å². The summed E-state index contributed by atoms with van der Waals surface area (Å²) in [5.74, 6) is 2.03. The van der Waals surface area contributed by atoms with Crippen molar-refractivity contribution in [1.82, 2.24) is 25.4 Å². The summed E-state index contributed by atoms with van der Waals surface area (Å²) in [4.78, 5) is 16.4. The molecule has 23 heavy (non-hydrogen) atoms. The Morgan fingerprint density at radius 3 is 3.22 bits per heavy atom. The summed E-state index contributed by atoms with van der Waals surface area (Å²) < 4.78 is 1.98. The Balaban J connectivity index is 1.37. The van der Waals surface area contributed by atoms with Crippen molar-refractivity contribution in [2.75, 3.05) is 13.1 Å². The molecular formula is C16H23N5OS. The molecule has 3 heterocycles. The third-order valence-electron chi connectivity index (χ3n) is 4.09. The van der Waals surface area contributed by atoms with Crippen molar-refractivity contribution in [3.05, 3.63) is 34.0 Å². The van der Waals surface area contributed by atoms with Crippen LogP contribution in [-0.2, 0) is 30.6 Å². The first-order valence-corrected chi connectivity index (χ1v) is 9.12. The molecule has 1 amide bonds. The fourth-order valence-corrected chi connectivity index (χ4v) is 3.46. The van der Waals surface area contributed by atoms with Gasteiger partial charge in [-0.3, -0.25) is 4.79 Å². The molecule has 0 bridgehead atoms. The molecule has 124 valence electrons. The van der Waals surface area contributed by atoms with E-state index in [0.29, 0.717) is 13.1 Å². The number of nitrogens with one attached hydrogen (secondary N) is 2. The third kappa shape index (κ3) is 4.39. The normalized spacial score (nSPS) is 17.0. The highest BCUT2D eigenvalue weighted by molar-refractivity contribution is 7.07.